The van der Waals surface area contributed by atoms with Crippen molar-refractivity contribution in [3.63, 3.8) is 0 Å². The van der Waals surface area contributed by atoms with Crippen molar-refractivity contribution in [3.05, 3.63) is 28.8 Å². The summed E-state index contributed by atoms with van der Waals surface area (Å²) in [5.41, 5.74) is -1.36. The molecule has 0 aliphatic carbocycles. The summed E-state index contributed by atoms with van der Waals surface area (Å²) in [5, 5.41) is 8.66. The molecule has 0 heterocycles. The molecule has 0 amide bonds. The van der Waals surface area contributed by atoms with Crippen LogP contribution in [-0.2, 0) is 10.7 Å². The van der Waals surface area contributed by atoms with Gasteiger partial charge in [-0.1, -0.05) is 25.4 Å². The van der Waals surface area contributed by atoms with E-state index in [1.165, 1.54) is 39.2 Å². The fraction of sp³-hybridized carbons (Fsp3) is 0.500. The summed E-state index contributed by atoms with van der Waals surface area (Å²) in [6, 6.07) is 3.92. The van der Waals surface area contributed by atoms with Crippen LogP contribution in [0.4, 0.5) is 8.78 Å². The molecule has 20 heavy (non-hydrogen) atoms. The maximum atomic E-state index is 14.3. The van der Waals surface area contributed by atoms with Crippen LogP contribution >= 0.6 is 11.6 Å². The van der Waals surface area contributed by atoms with Crippen LogP contribution in [0.5, 0.6) is 5.75 Å². The molecule has 1 aromatic carbocycles. The highest BCUT2D eigenvalue weighted by Gasteiger charge is 2.40. The van der Waals surface area contributed by atoms with Gasteiger partial charge in [0, 0.05) is 12.0 Å². The Labute approximate surface area is 121 Å². The second kappa shape index (κ2) is 5.95. The Balaban J connectivity index is 3.01. The fourth-order valence-corrected chi connectivity index (χ4v) is 2.40. The molecule has 0 aromatic heterocycles. The normalized spacial score (nSPS) is 12.3. The molecule has 1 rings (SSSR count). The Hall–Kier alpha value is -1.36. The SMILES string of the molecule is COc1ccc(C(F)(F)CC(C)(C)CC(=O)O)c(Cl)c1. The minimum atomic E-state index is -3.21. The molecule has 6 heteroatoms. The van der Waals surface area contributed by atoms with Gasteiger partial charge in [-0.2, -0.15) is 0 Å². The number of carboxylic acid groups (broad SMARTS) is 1. The number of rotatable bonds is 6. The third-order valence-electron chi connectivity index (χ3n) is 2.90. The van der Waals surface area contributed by atoms with Crippen LogP contribution < -0.4 is 4.74 Å². The second-order valence-corrected chi connectivity index (χ2v) is 5.87. The Morgan fingerprint density at radius 3 is 2.45 bits per heavy atom. The van der Waals surface area contributed by atoms with Gasteiger partial charge in [-0.15, -0.1) is 0 Å². The lowest BCUT2D eigenvalue weighted by molar-refractivity contribution is -0.140. The van der Waals surface area contributed by atoms with Crippen molar-refractivity contribution < 1.29 is 23.4 Å². The van der Waals surface area contributed by atoms with E-state index < -0.39 is 23.7 Å². The van der Waals surface area contributed by atoms with Gasteiger partial charge >= 0.3 is 5.97 Å². The van der Waals surface area contributed by atoms with E-state index in [9.17, 15) is 13.6 Å². The lowest BCUT2D eigenvalue weighted by Gasteiger charge is -2.29. The van der Waals surface area contributed by atoms with E-state index in [2.05, 4.69) is 0 Å². The molecule has 0 unspecified atom stereocenters. The predicted octanol–water partition coefficient (Wildman–Crippen LogP) is 4.33. The van der Waals surface area contributed by atoms with Crippen molar-refractivity contribution in [1.82, 2.24) is 0 Å². The lowest BCUT2D eigenvalue weighted by atomic mass is 9.81. The smallest absolute Gasteiger partial charge is 0.303 e. The van der Waals surface area contributed by atoms with Crippen molar-refractivity contribution in [1.29, 1.82) is 0 Å². The molecule has 0 aliphatic rings. The minimum absolute atomic E-state index is 0.0968. The van der Waals surface area contributed by atoms with Gasteiger partial charge in [-0.05, 0) is 23.6 Å². The molecule has 0 bridgehead atoms. The molecule has 112 valence electrons. The molecule has 0 saturated heterocycles. The molecule has 0 fully saturated rings. The highest BCUT2D eigenvalue weighted by molar-refractivity contribution is 6.31. The summed E-state index contributed by atoms with van der Waals surface area (Å²) in [4.78, 5) is 10.7. The first kappa shape index (κ1) is 16.7. The number of carboxylic acids is 1. The van der Waals surface area contributed by atoms with E-state index >= 15 is 0 Å². The van der Waals surface area contributed by atoms with E-state index in [4.69, 9.17) is 21.4 Å². The zero-order valence-electron chi connectivity index (χ0n) is 11.5. The summed E-state index contributed by atoms with van der Waals surface area (Å²) < 4.78 is 33.5. The molecule has 0 radical (unpaired) electrons. The molecule has 1 N–H and O–H groups in total. The maximum absolute atomic E-state index is 14.3. The molecule has 0 spiro atoms. The van der Waals surface area contributed by atoms with Gasteiger partial charge in [0.1, 0.15) is 5.75 Å². The highest BCUT2D eigenvalue weighted by Crippen LogP contribution is 2.44. The average Bonchev–Trinajstić information content (AvgIpc) is 2.24. The zero-order chi connectivity index (χ0) is 15.6. The van der Waals surface area contributed by atoms with Crippen LogP contribution in [-0.4, -0.2) is 18.2 Å². The number of carbonyl (C=O) groups is 1. The number of ether oxygens (including phenoxy) is 1. The van der Waals surface area contributed by atoms with Gasteiger partial charge in [0.15, 0.2) is 0 Å². The second-order valence-electron chi connectivity index (χ2n) is 5.46. The van der Waals surface area contributed by atoms with E-state index in [0.29, 0.717) is 5.75 Å². The number of hydrogen-bond acceptors (Lipinski definition) is 2. The number of halogens is 3. The van der Waals surface area contributed by atoms with E-state index in [1.54, 1.807) is 0 Å². The van der Waals surface area contributed by atoms with Crippen LogP contribution in [0.15, 0.2) is 18.2 Å². The number of hydrogen-bond donors (Lipinski definition) is 1. The quantitative estimate of drug-likeness (QED) is 0.851. The van der Waals surface area contributed by atoms with Gasteiger partial charge in [-0.3, -0.25) is 4.79 Å². The topological polar surface area (TPSA) is 46.5 Å². The molecular formula is C14H17ClF2O3. The molecule has 3 nitrogen and oxygen atoms in total. The molecule has 0 aliphatic heterocycles. The largest absolute Gasteiger partial charge is 0.497 e. The van der Waals surface area contributed by atoms with Crippen molar-refractivity contribution in [3.8, 4) is 5.75 Å². The first-order valence-electron chi connectivity index (χ1n) is 6.01. The Morgan fingerprint density at radius 2 is 2.00 bits per heavy atom. The Morgan fingerprint density at radius 1 is 1.40 bits per heavy atom. The van der Waals surface area contributed by atoms with Crippen molar-refractivity contribution in [2.24, 2.45) is 5.41 Å². The Kier molecular flexibility index (Phi) is 4.97. The molecular weight excluding hydrogens is 290 g/mol. The van der Waals surface area contributed by atoms with E-state index in [1.807, 2.05) is 0 Å². The van der Waals surface area contributed by atoms with Crippen molar-refractivity contribution in [2.75, 3.05) is 7.11 Å². The summed E-state index contributed by atoms with van der Waals surface area (Å²) in [5.74, 6) is -3.92. The van der Waals surface area contributed by atoms with E-state index in [0.717, 1.165) is 0 Å². The standard InChI is InChI=1S/C14H17ClF2O3/c1-13(2,7-12(18)19)8-14(16,17)10-5-4-9(20-3)6-11(10)15/h4-6H,7-8H2,1-3H3,(H,18,19). The van der Waals surface area contributed by atoms with Crippen molar-refractivity contribution >= 4 is 17.6 Å². The fourth-order valence-electron chi connectivity index (χ4n) is 2.09. The van der Waals surface area contributed by atoms with Gasteiger partial charge in [-0.25, -0.2) is 8.78 Å². The van der Waals surface area contributed by atoms with Crippen LogP contribution in [0.25, 0.3) is 0 Å². The average molecular weight is 307 g/mol. The van der Waals surface area contributed by atoms with Gasteiger partial charge < -0.3 is 9.84 Å². The monoisotopic (exact) mass is 306 g/mol. The van der Waals surface area contributed by atoms with Crippen LogP contribution in [0, 0.1) is 5.41 Å². The third kappa shape index (κ3) is 4.34. The summed E-state index contributed by atoms with van der Waals surface area (Å²) in [6.45, 7) is 2.99. The van der Waals surface area contributed by atoms with Crippen LogP contribution in [0.1, 0.15) is 32.3 Å². The summed E-state index contributed by atoms with van der Waals surface area (Å²) >= 11 is 5.85. The number of methoxy groups -OCH3 is 1. The van der Waals surface area contributed by atoms with Gasteiger partial charge in [0.25, 0.3) is 5.92 Å². The molecule has 0 atom stereocenters. The first-order chi connectivity index (χ1) is 9.07. The number of benzene rings is 1. The molecule has 1 aromatic rings. The summed E-state index contributed by atoms with van der Waals surface area (Å²) in [7, 11) is 1.42. The van der Waals surface area contributed by atoms with Gasteiger partial charge in [0.05, 0.1) is 18.6 Å². The first-order valence-corrected chi connectivity index (χ1v) is 6.39. The third-order valence-corrected chi connectivity index (χ3v) is 3.21. The number of aliphatic carboxylic acids is 1. The zero-order valence-corrected chi connectivity index (χ0v) is 12.3. The highest BCUT2D eigenvalue weighted by atomic mass is 35.5. The lowest BCUT2D eigenvalue weighted by Crippen LogP contribution is -2.27. The van der Waals surface area contributed by atoms with Crippen LogP contribution in [0.3, 0.4) is 0 Å². The minimum Gasteiger partial charge on any atom is -0.497 e. The Bertz CT molecular complexity index is 501. The summed E-state index contributed by atoms with van der Waals surface area (Å²) in [6.07, 6.45) is -0.936. The van der Waals surface area contributed by atoms with Crippen molar-refractivity contribution in [2.45, 2.75) is 32.6 Å². The van der Waals surface area contributed by atoms with Gasteiger partial charge in [0.2, 0.25) is 0 Å². The maximum Gasteiger partial charge on any atom is 0.303 e. The number of alkyl halides is 2. The van der Waals surface area contributed by atoms with Crippen LogP contribution in [0.2, 0.25) is 5.02 Å². The van der Waals surface area contributed by atoms with E-state index in [-0.39, 0.29) is 17.0 Å². The molecule has 0 saturated carbocycles. The predicted molar refractivity (Wildman–Crippen MR) is 72.5 cm³/mol.